The van der Waals surface area contributed by atoms with Gasteiger partial charge in [0.1, 0.15) is 0 Å². The molecule has 2 aromatic rings. The van der Waals surface area contributed by atoms with Crippen LogP contribution in [0.25, 0.3) is 11.1 Å². The largest absolute Gasteiger partial charge is 0.487 e. The lowest BCUT2D eigenvalue weighted by atomic mass is 9.84. The monoisotopic (exact) mass is 714 g/mol. The average molecular weight is 715 g/mol. The van der Waals surface area contributed by atoms with E-state index >= 15 is 0 Å². The van der Waals surface area contributed by atoms with Gasteiger partial charge in [-0.25, -0.2) is 17.6 Å². The van der Waals surface area contributed by atoms with Crippen LogP contribution >= 0.6 is 0 Å². The molecule has 1 fully saturated rings. The quantitative estimate of drug-likeness (QED) is 0.0526. The fourth-order valence-electron chi connectivity index (χ4n) is 5.68. The summed E-state index contributed by atoms with van der Waals surface area (Å²) in [5, 5.41) is 0. The number of unbranched alkanes of at least 4 members (excludes halogenated alkanes) is 8. The van der Waals surface area contributed by atoms with Crippen molar-refractivity contribution in [3.63, 3.8) is 0 Å². The Morgan fingerprint density at radius 3 is 1.33 bits per heavy atom. The molecule has 0 aliphatic carbocycles. The van der Waals surface area contributed by atoms with E-state index in [9.17, 15) is 35.1 Å². The van der Waals surface area contributed by atoms with E-state index in [-0.39, 0.29) is 26.4 Å². The molecule has 0 spiro atoms. The van der Waals surface area contributed by atoms with Gasteiger partial charge >= 0.3 is 8.56 Å². The molecular formula is C34H46F8O5Si. The summed E-state index contributed by atoms with van der Waals surface area (Å²) in [5.41, 5.74) is -4.54. The maximum atomic E-state index is 15.0. The molecule has 3 rings (SSSR count). The lowest BCUT2D eigenvalue weighted by Crippen LogP contribution is -2.46. The highest BCUT2D eigenvalue weighted by molar-refractivity contribution is 6.66. The molecule has 0 unspecified atom stereocenters. The highest BCUT2D eigenvalue weighted by Crippen LogP contribution is 2.42. The Hall–Kier alpha value is -2.42. The second-order valence-electron chi connectivity index (χ2n) is 12.3. The number of halogens is 8. The van der Waals surface area contributed by atoms with Crippen molar-refractivity contribution in [2.75, 3.05) is 39.6 Å². The molecule has 5 nitrogen and oxygen atoms in total. The molecule has 48 heavy (non-hydrogen) atoms. The molecule has 272 valence electrons. The second kappa shape index (κ2) is 18.5. The lowest BCUT2D eigenvalue weighted by molar-refractivity contribution is -0.134. The summed E-state index contributed by atoms with van der Waals surface area (Å²) < 4.78 is 146. The van der Waals surface area contributed by atoms with E-state index in [0.29, 0.717) is 32.5 Å². The van der Waals surface area contributed by atoms with E-state index in [4.69, 9.17) is 23.1 Å². The van der Waals surface area contributed by atoms with Gasteiger partial charge in [-0.2, -0.15) is 17.6 Å². The Morgan fingerprint density at radius 1 is 0.562 bits per heavy atom. The standard InChI is InChI=1S/C34H46F8O5Si/c1-5-34(19-43-20-34)21-45-33-30(41)26(37)23(27(38)31(33)42)22-24(35)28(39)32(29(40)25(22)36)44-17-15-13-11-9-8-10-12-14-16-18-48(4,46-6-2)47-7-3/h5-21H2,1-4H3. The van der Waals surface area contributed by atoms with Crippen molar-refractivity contribution in [3.05, 3.63) is 46.5 Å². The topological polar surface area (TPSA) is 46.2 Å². The van der Waals surface area contributed by atoms with Crippen molar-refractivity contribution >= 4 is 8.56 Å². The zero-order valence-corrected chi connectivity index (χ0v) is 29.1. The number of rotatable bonds is 22. The molecule has 0 radical (unpaired) electrons. The van der Waals surface area contributed by atoms with Gasteiger partial charge in [0.25, 0.3) is 0 Å². The van der Waals surface area contributed by atoms with E-state index in [2.05, 4.69) is 6.55 Å². The Bertz CT molecular complexity index is 1290. The third-order valence-electron chi connectivity index (χ3n) is 8.71. The summed E-state index contributed by atoms with van der Waals surface area (Å²) in [6, 6.07) is 0.955. The second-order valence-corrected chi connectivity index (χ2v) is 15.7. The van der Waals surface area contributed by atoms with E-state index in [0.717, 1.165) is 51.0 Å². The van der Waals surface area contributed by atoms with Gasteiger partial charge in [-0.1, -0.05) is 58.3 Å². The molecule has 0 bridgehead atoms. The predicted octanol–water partition coefficient (Wildman–Crippen LogP) is 10.3. The molecule has 1 aliphatic heterocycles. The Labute approximate surface area is 278 Å². The predicted molar refractivity (Wildman–Crippen MR) is 167 cm³/mol. The number of ether oxygens (including phenoxy) is 3. The van der Waals surface area contributed by atoms with E-state index < -0.39 is 83.1 Å². The van der Waals surface area contributed by atoms with Crippen LogP contribution in [0, 0.1) is 52.0 Å². The zero-order valence-electron chi connectivity index (χ0n) is 28.1. The highest BCUT2D eigenvalue weighted by atomic mass is 28.4. The number of hydrogen-bond donors (Lipinski definition) is 0. The SMILES string of the molecule is CCO[Si](C)(CCCCCCCCCCCOc1c(F)c(F)c(-c2c(F)c(F)c(OCC3(CC)COC3)c(F)c2F)c(F)c1F)OCC. The van der Waals surface area contributed by atoms with Crippen molar-refractivity contribution in [1.29, 1.82) is 0 Å². The molecule has 0 atom stereocenters. The van der Waals surface area contributed by atoms with Gasteiger partial charge in [-0.3, -0.25) is 0 Å². The third-order valence-corrected chi connectivity index (χ3v) is 11.8. The molecule has 0 aromatic heterocycles. The molecule has 1 heterocycles. The first-order chi connectivity index (χ1) is 22.9. The van der Waals surface area contributed by atoms with Crippen LogP contribution in [0.5, 0.6) is 11.5 Å². The van der Waals surface area contributed by atoms with Crippen LogP contribution < -0.4 is 9.47 Å². The van der Waals surface area contributed by atoms with Crippen LogP contribution in [0.4, 0.5) is 35.1 Å². The number of hydrogen-bond acceptors (Lipinski definition) is 5. The summed E-state index contributed by atoms with van der Waals surface area (Å²) >= 11 is 0. The van der Waals surface area contributed by atoms with Crippen LogP contribution in [-0.2, 0) is 13.6 Å². The minimum atomic E-state index is -2.28. The van der Waals surface area contributed by atoms with Crippen LogP contribution in [0.3, 0.4) is 0 Å². The first kappa shape index (κ1) is 40.0. The Kier molecular flexibility index (Phi) is 15.5. The van der Waals surface area contributed by atoms with Gasteiger partial charge in [-0.15, -0.1) is 0 Å². The summed E-state index contributed by atoms with van der Waals surface area (Å²) in [6.07, 6.45) is 8.40. The van der Waals surface area contributed by atoms with Gasteiger partial charge in [0, 0.05) is 13.2 Å². The molecule has 1 saturated heterocycles. The van der Waals surface area contributed by atoms with Crippen molar-refractivity contribution in [3.8, 4) is 22.6 Å². The highest BCUT2D eigenvalue weighted by Gasteiger charge is 2.40. The average Bonchev–Trinajstić information content (AvgIpc) is 3.04. The summed E-state index contributed by atoms with van der Waals surface area (Å²) in [4.78, 5) is 0. The van der Waals surface area contributed by atoms with Crippen molar-refractivity contribution in [1.82, 2.24) is 0 Å². The van der Waals surface area contributed by atoms with E-state index in [1.807, 2.05) is 13.8 Å². The van der Waals surface area contributed by atoms with Crippen molar-refractivity contribution in [2.24, 2.45) is 5.41 Å². The van der Waals surface area contributed by atoms with E-state index in [1.54, 1.807) is 6.92 Å². The molecule has 1 aliphatic rings. The van der Waals surface area contributed by atoms with Gasteiger partial charge in [0.05, 0.1) is 43.0 Å². The van der Waals surface area contributed by atoms with Gasteiger partial charge in [-0.05, 0) is 39.3 Å². The smallest absolute Gasteiger partial charge is 0.334 e. The summed E-state index contributed by atoms with van der Waals surface area (Å²) in [6.45, 7) is 8.79. The summed E-state index contributed by atoms with van der Waals surface area (Å²) in [7, 11) is -2.08. The molecule has 14 heteroatoms. The Morgan fingerprint density at radius 2 is 0.958 bits per heavy atom. The van der Waals surface area contributed by atoms with Gasteiger partial charge < -0.3 is 23.1 Å². The van der Waals surface area contributed by atoms with Crippen LogP contribution in [0.15, 0.2) is 0 Å². The maximum Gasteiger partial charge on any atom is 0.334 e. The molecule has 0 amide bonds. The van der Waals surface area contributed by atoms with Gasteiger partial charge in [0.15, 0.2) is 34.8 Å². The fourth-order valence-corrected chi connectivity index (χ4v) is 8.16. The zero-order chi connectivity index (χ0) is 35.5. The maximum absolute atomic E-state index is 15.0. The fraction of sp³-hybridized carbons (Fsp3) is 0.647. The van der Waals surface area contributed by atoms with Crippen LogP contribution in [0.1, 0.15) is 85.0 Å². The molecule has 0 saturated carbocycles. The molecule has 2 aromatic carbocycles. The Balaban J connectivity index is 1.52. The minimum absolute atomic E-state index is 0.187. The van der Waals surface area contributed by atoms with Crippen LogP contribution in [-0.4, -0.2) is 48.2 Å². The van der Waals surface area contributed by atoms with E-state index in [1.165, 1.54) is 0 Å². The molecular weight excluding hydrogens is 668 g/mol. The summed E-state index contributed by atoms with van der Waals surface area (Å²) in [5.74, 6) is -20.4. The lowest BCUT2D eigenvalue weighted by Gasteiger charge is -2.40. The van der Waals surface area contributed by atoms with Crippen molar-refractivity contribution in [2.45, 2.75) is 97.6 Å². The minimum Gasteiger partial charge on any atom is -0.487 e. The number of benzene rings is 2. The van der Waals surface area contributed by atoms with Crippen LogP contribution in [0.2, 0.25) is 12.6 Å². The third kappa shape index (κ3) is 9.63. The first-order valence-electron chi connectivity index (χ1n) is 16.7. The first-order valence-corrected chi connectivity index (χ1v) is 19.2. The van der Waals surface area contributed by atoms with Crippen molar-refractivity contribution < 1.29 is 58.2 Å². The van der Waals surface area contributed by atoms with Gasteiger partial charge in [0.2, 0.25) is 23.3 Å². The normalized spacial score (nSPS) is 14.3. The molecule has 0 N–H and O–H groups in total.